The van der Waals surface area contributed by atoms with Gasteiger partial charge in [-0.1, -0.05) is 32.6 Å². The third-order valence-corrected chi connectivity index (χ3v) is 2.48. The molecule has 0 aliphatic rings. The highest BCUT2D eigenvalue weighted by Gasteiger charge is 2.00. The Labute approximate surface area is 94.0 Å². The van der Waals surface area contributed by atoms with Crippen LogP contribution in [-0.2, 0) is 4.79 Å². The zero-order valence-corrected chi connectivity index (χ0v) is 10.4. The van der Waals surface area contributed by atoms with E-state index >= 15 is 0 Å². The summed E-state index contributed by atoms with van der Waals surface area (Å²) >= 11 is 0. The van der Waals surface area contributed by atoms with E-state index in [0.29, 0.717) is 6.04 Å². The summed E-state index contributed by atoms with van der Waals surface area (Å²) < 4.78 is 0. The van der Waals surface area contributed by atoms with Crippen LogP contribution in [0.5, 0.6) is 0 Å². The van der Waals surface area contributed by atoms with Gasteiger partial charge >= 0.3 is 0 Å². The highest BCUT2D eigenvalue weighted by Crippen LogP contribution is 2.04. The highest BCUT2D eigenvalue weighted by atomic mass is 16.1. The van der Waals surface area contributed by atoms with Gasteiger partial charge in [-0.15, -0.1) is 0 Å². The number of carbonyl (C=O) groups is 1. The summed E-state index contributed by atoms with van der Waals surface area (Å²) in [7, 11) is 0. The summed E-state index contributed by atoms with van der Waals surface area (Å²) in [5.74, 6) is 0.0485. The minimum absolute atomic E-state index is 0.0485. The Morgan fingerprint density at radius 1 is 1.20 bits per heavy atom. The summed E-state index contributed by atoms with van der Waals surface area (Å²) in [6, 6.07) is 0.565. The summed E-state index contributed by atoms with van der Waals surface area (Å²) in [5.41, 5.74) is 0. The number of rotatable bonds is 9. The summed E-state index contributed by atoms with van der Waals surface area (Å²) in [4.78, 5) is 10.6. The molecule has 0 aromatic carbocycles. The molecule has 1 amide bonds. The van der Waals surface area contributed by atoms with Crippen molar-refractivity contribution in [2.45, 2.75) is 58.9 Å². The summed E-state index contributed by atoms with van der Waals surface area (Å²) in [6.07, 6.45) is 6.53. The van der Waals surface area contributed by atoms with Crippen molar-refractivity contribution in [2.24, 2.45) is 0 Å². The average molecular weight is 214 g/mol. The van der Waals surface area contributed by atoms with Crippen molar-refractivity contribution < 1.29 is 4.79 Å². The minimum atomic E-state index is 0.0485. The summed E-state index contributed by atoms with van der Waals surface area (Å²) in [5, 5.41) is 6.18. The summed E-state index contributed by atoms with van der Waals surface area (Å²) in [6.45, 7) is 7.59. The Kier molecular flexibility index (Phi) is 9.59. The van der Waals surface area contributed by atoms with Crippen LogP contribution in [0.4, 0.5) is 0 Å². The lowest BCUT2D eigenvalue weighted by Crippen LogP contribution is -2.34. The van der Waals surface area contributed by atoms with Crippen molar-refractivity contribution in [2.75, 3.05) is 13.1 Å². The lowest BCUT2D eigenvalue weighted by atomic mass is 10.1. The van der Waals surface area contributed by atoms with E-state index in [4.69, 9.17) is 0 Å². The standard InChI is InChI=1S/C12H26N2O/c1-4-5-6-7-8-11(2)13-9-10-14-12(3)15/h11,13H,4-10H2,1-3H3,(H,14,15). The predicted octanol–water partition coefficient (Wildman–Crippen LogP) is 2.07. The molecule has 2 N–H and O–H groups in total. The first-order valence-corrected chi connectivity index (χ1v) is 6.14. The molecule has 90 valence electrons. The second kappa shape index (κ2) is 9.97. The van der Waals surface area contributed by atoms with Gasteiger partial charge in [0.1, 0.15) is 0 Å². The van der Waals surface area contributed by atoms with E-state index < -0.39 is 0 Å². The van der Waals surface area contributed by atoms with E-state index in [0.717, 1.165) is 13.1 Å². The van der Waals surface area contributed by atoms with E-state index in [2.05, 4.69) is 24.5 Å². The molecule has 0 radical (unpaired) electrons. The van der Waals surface area contributed by atoms with Gasteiger partial charge in [0.25, 0.3) is 0 Å². The lowest BCUT2D eigenvalue weighted by Gasteiger charge is -2.13. The Balaban J connectivity index is 3.18. The molecule has 0 aliphatic carbocycles. The molecule has 15 heavy (non-hydrogen) atoms. The van der Waals surface area contributed by atoms with Crippen LogP contribution in [0.1, 0.15) is 52.9 Å². The molecule has 0 rings (SSSR count). The Morgan fingerprint density at radius 2 is 1.93 bits per heavy atom. The predicted molar refractivity (Wildman–Crippen MR) is 64.9 cm³/mol. The van der Waals surface area contributed by atoms with Gasteiger partial charge in [-0.05, 0) is 13.3 Å². The van der Waals surface area contributed by atoms with Crippen LogP contribution in [0.15, 0.2) is 0 Å². The average Bonchev–Trinajstić information content (AvgIpc) is 2.19. The van der Waals surface area contributed by atoms with Gasteiger partial charge in [-0.2, -0.15) is 0 Å². The molecule has 0 aromatic heterocycles. The zero-order valence-electron chi connectivity index (χ0n) is 10.4. The quantitative estimate of drug-likeness (QED) is 0.577. The molecule has 3 nitrogen and oxygen atoms in total. The van der Waals surface area contributed by atoms with Gasteiger partial charge < -0.3 is 10.6 Å². The topological polar surface area (TPSA) is 41.1 Å². The number of unbranched alkanes of at least 4 members (excludes halogenated alkanes) is 3. The largest absolute Gasteiger partial charge is 0.355 e. The first-order valence-electron chi connectivity index (χ1n) is 6.14. The van der Waals surface area contributed by atoms with Gasteiger partial charge in [-0.3, -0.25) is 4.79 Å². The highest BCUT2D eigenvalue weighted by molar-refractivity contribution is 5.72. The van der Waals surface area contributed by atoms with E-state index in [9.17, 15) is 4.79 Å². The smallest absolute Gasteiger partial charge is 0.216 e. The Morgan fingerprint density at radius 3 is 2.53 bits per heavy atom. The maximum atomic E-state index is 10.6. The van der Waals surface area contributed by atoms with Gasteiger partial charge in [0.05, 0.1) is 0 Å². The van der Waals surface area contributed by atoms with Crippen molar-refractivity contribution >= 4 is 5.91 Å². The second-order valence-corrected chi connectivity index (χ2v) is 4.19. The molecular formula is C12H26N2O. The number of hydrogen-bond acceptors (Lipinski definition) is 2. The van der Waals surface area contributed by atoms with E-state index in [1.807, 2.05) is 0 Å². The van der Waals surface area contributed by atoms with Crippen molar-refractivity contribution in [1.82, 2.24) is 10.6 Å². The van der Waals surface area contributed by atoms with Crippen LogP contribution in [0, 0.1) is 0 Å². The monoisotopic (exact) mass is 214 g/mol. The maximum absolute atomic E-state index is 10.6. The van der Waals surface area contributed by atoms with E-state index in [1.165, 1.54) is 32.1 Å². The maximum Gasteiger partial charge on any atom is 0.216 e. The number of hydrogen-bond donors (Lipinski definition) is 2. The fourth-order valence-corrected chi connectivity index (χ4v) is 1.54. The Bertz CT molecular complexity index is 160. The van der Waals surface area contributed by atoms with Crippen molar-refractivity contribution in [3.63, 3.8) is 0 Å². The Hall–Kier alpha value is -0.570. The molecule has 1 unspecified atom stereocenters. The van der Waals surface area contributed by atoms with Crippen LogP contribution in [0.25, 0.3) is 0 Å². The first-order chi connectivity index (χ1) is 7.16. The van der Waals surface area contributed by atoms with Gasteiger partial charge in [-0.25, -0.2) is 0 Å². The molecule has 0 spiro atoms. The molecule has 1 atom stereocenters. The van der Waals surface area contributed by atoms with Crippen molar-refractivity contribution in [3.8, 4) is 0 Å². The van der Waals surface area contributed by atoms with Crippen LogP contribution < -0.4 is 10.6 Å². The third-order valence-electron chi connectivity index (χ3n) is 2.48. The van der Waals surface area contributed by atoms with Gasteiger partial charge in [0.2, 0.25) is 5.91 Å². The first kappa shape index (κ1) is 14.4. The minimum Gasteiger partial charge on any atom is -0.355 e. The fraction of sp³-hybridized carbons (Fsp3) is 0.917. The molecule has 0 saturated heterocycles. The molecule has 0 aliphatic heterocycles. The molecule has 0 saturated carbocycles. The molecule has 0 aromatic rings. The molecule has 0 fully saturated rings. The number of carbonyl (C=O) groups excluding carboxylic acids is 1. The van der Waals surface area contributed by atoms with Crippen LogP contribution in [-0.4, -0.2) is 25.0 Å². The molecule has 0 bridgehead atoms. The fourth-order valence-electron chi connectivity index (χ4n) is 1.54. The number of nitrogens with one attached hydrogen (secondary N) is 2. The van der Waals surface area contributed by atoms with Crippen molar-refractivity contribution in [1.29, 1.82) is 0 Å². The second-order valence-electron chi connectivity index (χ2n) is 4.19. The van der Waals surface area contributed by atoms with Crippen molar-refractivity contribution in [3.05, 3.63) is 0 Å². The van der Waals surface area contributed by atoms with Crippen LogP contribution >= 0.6 is 0 Å². The third kappa shape index (κ3) is 11.4. The van der Waals surface area contributed by atoms with Gasteiger partial charge in [0, 0.05) is 26.1 Å². The molecular weight excluding hydrogens is 188 g/mol. The van der Waals surface area contributed by atoms with Gasteiger partial charge in [0.15, 0.2) is 0 Å². The van der Waals surface area contributed by atoms with Crippen LogP contribution in [0.3, 0.4) is 0 Å². The van der Waals surface area contributed by atoms with E-state index in [-0.39, 0.29) is 5.91 Å². The van der Waals surface area contributed by atoms with E-state index in [1.54, 1.807) is 6.92 Å². The normalized spacial score (nSPS) is 12.5. The number of amides is 1. The van der Waals surface area contributed by atoms with Crippen LogP contribution in [0.2, 0.25) is 0 Å². The molecule has 3 heteroatoms. The molecule has 0 heterocycles. The zero-order chi connectivity index (χ0) is 11.5. The lowest BCUT2D eigenvalue weighted by molar-refractivity contribution is -0.118. The SMILES string of the molecule is CCCCCCC(C)NCCNC(C)=O.